The van der Waals surface area contributed by atoms with Gasteiger partial charge in [-0.25, -0.2) is 19.2 Å². The molecule has 1 aromatic carbocycles. The molecule has 3 heterocycles. The molecule has 4 rings (SSSR count). The zero-order valence-electron chi connectivity index (χ0n) is 17.7. The Morgan fingerprint density at radius 1 is 1.26 bits per heavy atom. The zero-order valence-corrected chi connectivity index (χ0v) is 17.7. The number of nitrogens with one attached hydrogen (secondary N) is 2. The van der Waals surface area contributed by atoms with E-state index in [0.29, 0.717) is 28.1 Å². The number of imidazole rings is 1. The highest BCUT2D eigenvalue weighted by Crippen LogP contribution is 2.29. The Balaban J connectivity index is 1.59. The summed E-state index contributed by atoms with van der Waals surface area (Å²) in [6, 6.07) is 6.66. The van der Waals surface area contributed by atoms with Crippen LogP contribution in [0.1, 0.15) is 26.3 Å². The van der Waals surface area contributed by atoms with Crippen LogP contribution in [-0.2, 0) is 18.3 Å². The van der Waals surface area contributed by atoms with Crippen LogP contribution >= 0.6 is 0 Å². The lowest BCUT2D eigenvalue weighted by atomic mass is 10.0. The molecular weight excluding hydrogens is 399 g/mol. The van der Waals surface area contributed by atoms with Gasteiger partial charge in [-0.2, -0.15) is 5.10 Å². The molecule has 4 aromatic rings. The fourth-order valence-corrected chi connectivity index (χ4v) is 3.16. The first-order valence-electron chi connectivity index (χ1n) is 9.79. The second-order valence-corrected chi connectivity index (χ2v) is 8.21. The van der Waals surface area contributed by atoms with Crippen molar-refractivity contribution < 1.29 is 13.9 Å². The molecular formula is C22H23FN6O2. The molecule has 0 unspecified atom stereocenters. The molecule has 0 aliphatic heterocycles. The standard InChI is InChI=1S/C22H23FN6O2/c1-22(2,3)31-21(30)25-10-14-6-5-13(9-17(14)23)16-7-8-24-20-18(16)27-19(28-20)15-11-26-29(4)12-15/h5-9,11-12H,10H2,1-4H3,(H,25,30)(H,24,27,28). The van der Waals surface area contributed by atoms with Crippen molar-refractivity contribution in [2.75, 3.05) is 0 Å². The van der Waals surface area contributed by atoms with Gasteiger partial charge >= 0.3 is 6.09 Å². The molecule has 0 aliphatic rings. The van der Waals surface area contributed by atoms with Crippen molar-refractivity contribution in [2.45, 2.75) is 32.9 Å². The molecule has 0 atom stereocenters. The summed E-state index contributed by atoms with van der Waals surface area (Å²) in [6.07, 6.45) is 4.62. The minimum atomic E-state index is -0.614. The van der Waals surface area contributed by atoms with Crippen molar-refractivity contribution in [3.05, 3.63) is 54.2 Å². The molecule has 8 nitrogen and oxygen atoms in total. The van der Waals surface area contributed by atoms with Gasteiger partial charge in [-0.3, -0.25) is 4.68 Å². The number of halogens is 1. The fourth-order valence-electron chi connectivity index (χ4n) is 3.16. The van der Waals surface area contributed by atoms with E-state index in [1.807, 2.05) is 13.2 Å². The summed E-state index contributed by atoms with van der Waals surface area (Å²) in [5.41, 5.74) is 3.24. The number of nitrogens with zero attached hydrogens (tertiary/aromatic N) is 4. The third-order valence-corrected chi connectivity index (χ3v) is 4.55. The molecule has 9 heteroatoms. The summed E-state index contributed by atoms with van der Waals surface area (Å²) in [7, 11) is 1.83. The molecule has 3 aromatic heterocycles. The van der Waals surface area contributed by atoms with Gasteiger partial charge in [0.15, 0.2) is 5.65 Å². The number of fused-ring (bicyclic) bond motifs is 1. The number of hydrogen-bond acceptors (Lipinski definition) is 5. The van der Waals surface area contributed by atoms with Crippen molar-refractivity contribution in [1.29, 1.82) is 0 Å². The molecule has 0 bridgehead atoms. The van der Waals surface area contributed by atoms with E-state index in [1.165, 1.54) is 6.07 Å². The van der Waals surface area contributed by atoms with Crippen LogP contribution in [0.5, 0.6) is 0 Å². The Morgan fingerprint density at radius 3 is 2.74 bits per heavy atom. The van der Waals surface area contributed by atoms with Crippen molar-refractivity contribution in [2.24, 2.45) is 7.05 Å². The Kier molecular flexibility index (Phi) is 5.18. The highest BCUT2D eigenvalue weighted by atomic mass is 19.1. The molecule has 31 heavy (non-hydrogen) atoms. The van der Waals surface area contributed by atoms with Gasteiger partial charge in [0.2, 0.25) is 0 Å². The van der Waals surface area contributed by atoms with E-state index in [4.69, 9.17) is 4.74 Å². The van der Waals surface area contributed by atoms with E-state index in [9.17, 15) is 9.18 Å². The second kappa shape index (κ2) is 7.82. The number of carbonyl (C=O) groups is 1. The summed E-state index contributed by atoms with van der Waals surface area (Å²) < 4.78 is 21.6. The van der Waals surface area contributed by atoms with Gasteiger partial charge in [-0.1, -0.05) is 12.1 Å². The van der Waals surface area contributed by atoms with Crippen molar-refractivity contribution in [3.63, 3.8) is 0 Å². The molecule has 160 valence electrons. The average Bonchev–Trinajstić information content (AvgIpc) is 3.31. The summed E-state index contributed by atoms with van der Waals surface area (Å²) in [4.78, 5) is 24.0. The third kappa shape index (κ3) is 4.55. The van der Waals surface area contributed by atoms with Gasteiger partial charge in [-0.05, 0) is 38.5 Å². The highest BCUT2D eigenvalue weighted by Gasteiger charge is 2.17. The summed E-state index contributed by atoms with van der Waals surface area (Å²) in [5.74, 6) is 0.211. The summed E-state index contributed by atoms with van der Waals surface area (Å²) >= 11 is 0. The average molecular weight is 422 g/mol. The maximum absolute atomic E-state index is 14.8. The van der Waals surface area contributed by atoms with E-state index in [0.717, 1.165) is 11.1 Å². The molecule has 0 spiro atoms. The predicted molar refractivity (Wildman–Crippen MR) is 115 cm³/mol. The molecule has 0 saturated carbocycles. The number of ether oxygens (including phenoxy) is 1. The fraction of sp³-hybridized carbons (Fsp3) is 0.273. The Morgan fingerprint density at radius 2 is 2.06 bits per heavy atom. The Bertz CT molecular complexity index is 1250. The first-order valence-corrected chi connectivity index (χ1v) is 9.79. The SMILES string of the molecule is Cn1cc(-c2nc3c(-c4ccc(CNC(=O)OC(C)(C)C)c(F)c4)ccnc3[nH]2)cn1. The maximum atomic E-state index is 14.8. The molecule has 0 radical (unpaired) electrons. The number of benzene rings is 1. The van der Waals surface area contributed by atoms with Gasteiger partial charge in [0.05, 0.1) is 11.8 Å². The third-order valence-electron chi connectivity index (χ3n) is 4.55. The molecule has 0 aliphatic carbocycles. The molecule has 0 fully saturated rings. The predicted octanol–water partition coefficient (Wildman–Crippen LogP) is 4.19. The highest BCUT2D eigenvalue weighted by molar-refractivity contribution is 5.91. The Labute approximate surface area is 178 Å². The number of alkyl carbamates (subject to hydrolysis) is 1. The van der Waals surface area contributed by atoms with Gasteiger partial charge in [0, 0.05) is 37.1 Å². The number of hydrogen-bond donors (Lipinski definition) is 2. The summed E-state index contributed by atoms with van der Waals surface area (Å²) in [5, 5.41) is 6.73. The van der Waals surface area contributed by atoms with Crippen LogP contribution in [-0.4, -0.2) is 36.4 Å². The zero-order chi connectivity index (χ0) is 22.2. The second-order valence-electron chi connectivity index (χ2n) is 8.21. The number of aromatic nitrogens is 5. The molecule has 2 N–H and O–H groups in total. The molecule has 1 amide bonds. The Hall–Kier alpha value is -3.75. The quantitative estimate of drug-likeness (QED) is 0.514. The number of aromatic amines is 1. The topological polar surface area (TPSA) is 97.7 Å². The number of aryl methyl sites for hydroxylation is 1. The lowest BCUT2D eigenvalue weighted by molar-refractivity contribution is 0.0523. The van der Waals surface area contributed by atoms with Gasteiger partial charge < -0.3 is 15.0 Å². The minimum Gasteiger partial charge on any atom is -0.444 e. The van der Waals surface area contributed by atoms with E-state index < -0.39 is 17.5 Å². The van der Waals surface area contributed by atoms with E-state index >= 15 is 0 Å². The van der Waals surface area contributed by atoms with E-state index in [1.54, 1.807) is 56.0 Å². The van der Waals surface area contributed by atoms with Crippen molar-refractivity contribution in [1.82, 2.24) is 30.0 Å². The van der Waals surface area contributed by atoms with Crippen LogP contribution in [0.4, 0.5) is 9.18 Å². The normalized spacial score (nSPS) is 11.6. The maximum Gasteiger partial charge on any atom is 0.407 e. The van der Waals surface area contributed by atoms with Crippen LogP contribution in [0, 0.1) is 5.82 Å². The number of rotatable bonds is 4. The van der Waals surface area contributed by atoms with Crippen LogP contribution in [0.15, 0.2) is 42.9 Å². The van der Waals surface area contributed by atoms with Crippen molar-refractivity contribution >= 4 is 17.3 Å². The number of amides is 1. The number of carbonyl (C=O) groups excluding carboxylic acids is 1. The van der Waals surface area contributed by atoms with E-state index in [2.05, 4.69) is 25.4 Å². The number of H-pyrrole nitrogens is 1. The first kappa shape index (κ1) is 20.5. The summed E-state index contributed by atoms with van der Waals surface area (Å²) in [6.45, 7) is 5.34. The van der Waals surface area contributed by atoms with Crippen LogP contribution < -0.4 is 5.32 Å². The molecule has 0 saturated heterocycles. The van der Waals surface area contributed by atoms with Crippen molar-refractivity contribution in [3.8, 4) is 22.5 Å². The van der Waals surface area contributed by atoms with Gasteiger partial charge in [0.1, 0.15) is 22.8 Å². The lowest BCUT2D eigenvalue weighted by Gasteiger charge is -2.19. The number of pyridine rings is 1. The van der Waals surface area contributed by atoms with Crippen LogP contribution in [0.3, 0.4) is 0 Å². The van der Waals surface area contributed by atoms with Crippen LogP contribution in [0.25, 0.3) is 33.7 Å². The largest absolute Gasteiger partial charge is 0.444 e. The lowest BCUT2D eigenvalue weighted by Crippen LogP contribution is -2.32. The monoisotopic (exact) mass is 422 g/mol. The first-order chi connectivity index (χ1) is 14.7. The smallest absolute Gasteiger partial charge is 0.407 e. The van der Waals surface area contributed by atoms with Gasteiger partial charge in [-0.15, -0.1) is 0 Å². The van der Waals surface area contributed by atoms with Gasteiger partial charge in [0.25, 0.3) is 0 Å². The minimum absolute atomic E-state index is 0.0281. The van der Waals surface area contributed by atoms with E-state index in [-0.39, 0.29) is 6.54 Å². The van der Waals surface area contributed by atoms with Crippen LogP contribution in [0.2, 0.25) is 0 Å².